The number of carboxylic acid groups (broad SMARTS) is 1. The van der Waals surface area contributed by atoms with Crippen LogP contribution >= 0.6 is 0 Å². The van der Waals surface area contributed by atoms with Crippen molar-refractivity contribution in [3.8, 4) is 0 Å². The van der Waals surface area contributed by atoms with E-state index in [1.54, 1.807) is 19.1 Å². The zero-order valence-corrected chi connectivity index (χ0v) is 7.47. The second-order valence-corrected chi connectivity index (χ2v) is 3.09. The number of benzene rings is 1. The summed E-state index contributed by atoms with van der Waals surface area (Å²) in [6, 6.07) is 4.44. The summed E-state index contributed by atoms with van der Waals surface area (Å²) in [5.74, 6) is -1.62. The van der Waals surface area contributed by atoms with Gasteiger partial charge in [-0.05, 0) is 19.1 Å². The van der Waals surface area contributed by atoms with Crippen LogP contribution < -0.4 is 0 Å². The van der Waals surface area contributed by atoms with Gasteiger partial charge in [0, 0.05) is 16.6 Å². The van der Waals surface area contributed by atoms with E-state index < -0.39 is 11.8 Å². The first-order chi connectivity index (χ1) is 6.61. The maximum Gasteiger partial charge on any atom is 0.338 e. The highest BCUT2D eigenvalue weighted by atomic mass is 19.1. The number of aromatic amines is 1. The molecule has 0 atom stereocenters. The van der Waals surface area contributed by atoms with Gasteiger partial charge in [-0.1, -0.05) is 6.07 Å². The third kappa shape index (κ3) is 1.08. The summed E-state index contributed by atoms with van der Waals surface area (Å²) in [6.45, 7) is 1.61. The summed E-state index contributed by atoms with van der Waals surface area (Å²) >= 11 is 0. The van der Waals surface area contributed by atoms with E-state index >= 15 is 0 Å². The Bertz CT molecular complexity index is 516. The van der Waals surface area contributed by atoms with Gasteiger partial charge < -0.3 is 10.1 Å². The van der Waals surface area contributed by atoms with Crippen molar-refractivity contribution in [1.82, 2.24) is 4.98 Å². The van der Waals surface area contributed by atoms with Crippen molar-refractivity contribution in [2.75, 3.05) is 0 Å². The van der Waals surface area contributed by atoms with E-state index in [9.17, 15) is 9.18 Å². The summed E-state index contributed by atoms with van der Waals surface area (Å²) < 4.78 is 13.3. The van der Waals surface area contributed by atoms with E-state index in [1.165, 1.54) is 6.07 Å². The predicted octanol–water partition coefficient (Wildman–Crippen LogP) is 2.31. The molecule has 2 N–H and O–H groups in total. The summed E-state index contributed by atoms with van der Waals surface area (Å²) in [4.78, 5) is 13.7. The summed E-state index contributed by atoms with van der Waals surface area (Å²) in [7, 11) is 0. The Morgan fingerprint density at radius 3 is 2.86 bits per heavy atom. The third-order valence-electron chi connectivity index (χ3n) is 2.17. The van der Waals surface area contributed by atoms with Crippen molar-refractivity contribution in [3.63, 3.8) is 0 Å². The van der Waals surface area contributed by atoms with Gasteiger partial charge in [0.25, 0.3) is 0 Å². The Kier molecular flexibility index (Phi) is 1.77. The third-order valence-corrected chi connectivity index (χ3v) is 2.17. The molecule has 0 fully saturated rings. The highest BCUT2D eigenvalue weighted by Gasteiger charge is 2.17. The molecule has 3 nitrogen and oxygen atoms in total. The number of halogens is 1. The van der Waals surface area contributed by atoms with E-state index in [0.29, 0.717) is 11.2 Å². The molecule has 2 rings (SSSR count). The molecule has 14 heavy (non-hydrogen) atoms. The smallest absolute Gasteiger partial charge is 0.338 e. The molecule has 1 aromatic carbocycles. The highest BCUT2D eigenvalue weighted by Crippen LogP contribution is 2.24. The number of carboxylic acids is 1. The number of carbonyl (C=O) groups is 1. The summed E-state index contributed by atoms with van der Waals surface area (Å²) in [6.07, 6.45) is 0. The van der Waals surface area contributed by atoms with E-state index in [0.717, 1.165) is 0 Å². The Morgan fingerprint density at radius 1 is 1.50 bits per heavy atom. The van der Waals surface area contributed by atoms with Gasteiger partial charge in [-0.15, -0.1) is 0 Å². The topological polar surface area (TPSA) is 53.1 Å². The standard InChI is InChI=1S/C10H8FNO2/c1-5-8(10(13)14)9-6(11)3-2-4-7(9)12-5/h2-4,12H,1H3,(H,13,14). The monoisotopic (exact) mass is 193 g/mol. The van der Waals surface area contributed by atoms with Crippen molar-refractivity contribution in [2.24, 2.45) is 0 Å². The highest BCUT2D eigenvalue weighted by molar-refractivity contribution is 6.04. The van der Waals surface area contributed by atoms with Gasteiger partial charge in [-0.3, -0.25) is 0 Å². The number of nitrogens with one attached hydrogen (secondary N) is 1. The molecule has 0 aliphatic carbocycles. The number of hydrogen-bond donors (Lipinski definition) is 2. The fourth-order valence-corrected chi connectivity index (χ4v) is 1.60. The maximum atomic E-state index is 13.3. The van der Waals surface area contributed by atoms with Gasteiger partial charge in [0.05, 0.1) is 5.56 Å². The molecule has 0 saturated heterocycles. The first kappa shape index (κ1) is 8.74. The number of aromatic nitrogens is 1. The Morgan fingerprint density at radius 2 is 2.21 bits per heavy atom. The fourth-order valence-electron chi connectivity index (χ4n) is 1.60. The van der Waals surface area contributed by atoms with Crippen LogP contribution in [0.4, 0.5) is 4.39 Å². The van der Waals surface area contributed by atoms with Crippen molar-refractivity contribution >= 4 is 16.9 Å². The predicted molar refractivity (Wildman–Crippen MR) is 50.0 cm³/mol. The molecule has 4 heteroatoms. The van der Waals surface area contributed by atoms with E-state index in [-0.39, 0.29) is 10.9 Å². The first-order valence-electron chi connectivity index (χ1n) is 4.11. The number of hydrogen-bond acceptors (Lipinski definition) is 1. The van der Waals surface area contributed by atoms with Crippen molar-refractivity contribution in [1.29, 1.82) is 0 Å². The lowest BCUT2D eigenvalue weighted by molar-refractivity contribution is 0.0698. The molecule has 0 amide bonds. The number of rotatable bonds is 1. The molecule has 72 valence electrons. The zero-order chi connectivity index (χ0) is 10.3. The number of fused-ring (bicyclic) bond motifs is 1. The van der Waals surface area contributed by atoms with Gasteiger partial charge in [-0.25, -0.2) is 9.18 Å². The second kappa shape index (κ2) is 2.83. The Balaban J connectivity index is 2.93. The second-order valence-electron chi connectivity index (χ2n) is 3.09. The summed E-state index contributed by atoms with van der Waals surface area (Å²) in [5, 5.41) is 9.04. The van der Waals surface area contributed by atoms with Gasteiger partial charge in [0.1, 0.15) is 5.82 Å². The normalized spacial score (nSPS) is 10.7. The van der Waals surface area contributed by atoms with Crippen molar-refractivity contribution < 1.29 is 14.3 Å². The molecular formula is C10H8FNO2. The van der Waals surface area contributed by atoms with Crippen LogP contribution in [-0.4, -0.2) is 16.1 Å². The van der Waals surface area contributed by atoms with Gasteiger partial charge >= 0.3 is 5.97 Å². The lowest BCUT2D eigenvalue weighted by Crippen LogP contribution is -1.98. The molecule has 0 aliphatic heterocycles. The molecule has 0 saturated carbocycles. The average molecular weight is 193 g/mol. The molecule has 0 spiro atoms. The molecule has 0 bridgehead atoms. The van der Waals surface area contributed by atoms with Gasteiger partial charge in [0.15, 0.2) is 0 Å². The molecule has 1 aromatic heterocycles. The molecule has 1 heterocycles. The summed E-state index contributed by atoms with van der Waals surface area (Å²) in [5.41, 5.74) is 0.996. The minimum Gasteiger partial charge on any atom is -0.478 e. The number of H-pyrrole nitrogens is 1. The molecule has 2 aromatic rings. The lowest BCUT2D eigenvalue weighted by atomic mass is 10.1. The van der Waals surface area contributed by atoms with Crippen LogP contribution in [0.5, 0.6) is 0 Å². The van der Waals surface area contributed by atoms with Gasteiger partial charge in [0.2, 0.25) is 0 Å². The quantitative estimate of drug-likeness (QED) is 0.730. The number of aryl methyl sites for hydroxylation is 1. The van der Waals surface area contributed by atoms with Crippen molar-refractivity contribution in [2.45, 2.75) is 6.92 Å². The minimum atomic E-state index is -1.11. The molecular weight excluding hydrogens is 185 g/mol. The Labute approximate surface area is 79.2 Å². The fraction of sp³-hybridized carbons (Fsp3) is 0.100. The van der Waals surface area contributed by atoms with Crippen LogP contribution in [0.15, 0.2) is 18.2 Å². The minimum absolute atomic E-state index is 0.0121. The SMILES string of the molecule is Cc1[nH]c2cccc(F)c2c1C(=O)O. The largest absolute Gasteiger partial charge is 0.478 e. The Hall–Kier alpha value is -1.84. The van der Waals surface area contributed by atoms with Crippen LogP contribution in [0.3, 0.4) is 0 Å². The van der Waals surface area contributed by atoms with E-state index in [1.807, 2.05) is 0 Å². The maximum absolute atomic E-state index is 13.3. The molecule has 0 radical (unpaired) electrons. The first-order valence-corrected chi connectivity index (χ1v) is 4.11. The van der Waals surface area contributed by atoms with Gasteiger partial charge in [-0.2, -0.15) is 0 Å². The number of aromatic carboxylic acids is 1. The van der Waals surface area contributed by atoms with Crippen molar-refractivity contribution in [3.05, 3.63) is 35.3 Å². The zero-order valence-electron chi connectivity index (χ0n) is 7.47. The van der Waals surface area contributed by atoms with Crippen LogP contribution in [0.2, 0.25) is 0 Å². The lowest BCUT2D eigenvalue weighted by Gasteiger charge is -1.94. The van der Waals surface area contributed by atoms with Crippen LogP contribution in [0, 0.1) is 12.7 Å². The molecule has 0 aliphatic rings. The van der Waals surface area contributed by atoms with E-state index in [2.05, 4.69) is 4.98 Å². The van der Waals surface area contributed by atoms with Crippen LogP contribution in [0.1, 0.15) is 16.1 Å². The average Bonchev–Trinajstić information content (AvgIpc) is 2.42. The molecule has 0 unspecified atom stereocenters. The van der Waals surface area contributed by atoms with E-state index in [4.69, 9.17) is 5.11 Å². The van der Waals surface area contributed by atoms with Crippen LogP contribution in [0.25, 0.3) is 10.9 Å². The van der Waals surface area contributed by atoms with Crippen LogP contribution in [-0.2, 0) is 0 Å².